The van der Waals surface area contributed by atoms with E-state index in [0.717, 1.165) is 5.56 Å². The fourth-order valence-electron chi connectivity index (χ4n) is 1.92. The number of hydrogen-bond donors (Lipinski definition) is 1. The van der Waals surface area contributed by atoms with E-state index in [9.17, 15) is 9.59 Å². The lowest BCUT2D eigenvalue weighted by Gasteiger charge is -2.24. The molecule has 0 saturated heterocycles. The first-order valence-corrected chi connectivity index (χ1v) is 6.55. The number of rotatable bonds is 7. The van der Waals surface area contributed by atoms with E-state index in [2.05, 4.69) is 0 Å². The molecule has 0 aliphatic carbocycles. The molecule has 5 nitrogen and oxygen atoms in total. The van der Waals surface area contributed by atoms with E-state index < -0.39 is 5.91 Å². The SMILES string of the molecule is COc1cc(C)ccc1C(=O)CN(CC(N)=O)C(C)C. The zero-order valence-electron chi connectivity index (χ0n) is 12.5. The standard InChI is InChI=1S/C15H22N2O3/c1-10(2)17(9-15(16)19)8-13(18)12-6-5-11(3)7-14(12)20-4/h5-7,10H,8-9H2,1-4H3,(H2,16,19). The van der Waals surface area contributed by atoms with Gasteiger partial charge in [-0.1, -0.05) is 6.07 Å². The Hall–Kier alpha value is -1.88. The summed E-state index contributed by atoms with van der Waals surface area (Å²) in [6.45, 7) is 5.98. The van der Waals surface area contributed by atoms with Gasteiger partial charge in [0.05, 0.1) is 25.8 Å². The van der Waals surface area contributed by atoms with E-state index in [4.69, 9.17) is 10.5 Å². The largest absolute Gasteiger partial charge is 0.496 e. The number of carbonyl (C=O) groups is 2. The first-order valence-electron chi connectivity index (χ1n) is 6.55. The van der Waals surface area contributed by atoms with Crippen LogP contribution in [0, 0.1) is 6.92 Å². The molecule has 20 heavy (non-hydrogen) atoms. The van der Waals surface area contributed by atoms with Gasteiger partial charge in [-0.2, -0.15) is 0 Å². The lowest BCUT2D eigenvalue weighted by molar-refractivity contribution is -0.119. The van der Waals surface area contributed by atoms with Crippen LogP contribution in [0.3, 0.4) is 0 Å². The van der Waals surface area contributed by atoms with Crippen molar-refractivity contribution in [2.45, 2.75) is 26.8 Å². The summed E-state index contributed by atoms with van der Waals surface area (Å²) in [7, 11) is 1.54. The number of Topliss-reactive ketones (excluding diaryl/α,β-unsaturated/α-hetero) is 1. The molecule has 1 aromatic carbocycles. The monoisotopic (exact) mass is 278 g/mol. The Morgan fingerprint density at radius 2 is 1.95 bits per heavy atom. The molecule has 1 amide bonds. The van der Waals surface area contributed by atoms with E-state index in [1.807, 2.05) is 32.9 Å². The van der Waals surface area contributed by atoms with Crippen molar-refractivity contribution < 1.29 is 14.3 Å². The number of ketones is 1. The molecule has 0 unspecified atom stereocenters. The third-order valence-electron chi connectivity index (χ3n) is 3.09. The molecule has 110 valence electrons. The molecule has 0 saturated carbocycles. The first kappa shape index (κ1) is 16.2. The number of nitrogens with two attached hydrogens (primary N) is 1. The molecular formula is C15H22N2O3. The van der Waals surface area contributed by atoms with Crippen LogP contribution in [0.2, 0.25) is 0 Å². The van der Waals surface area contributed by atoms with E-state index in [1.165, 1.54) is 7.11 Å². The van der Waals surface area contributed by atoms with Crippen LogP contribution >= 0.6 is 0 Å². The Bertz CT molecular complexity index is 498. The molecule has 0 atom stereocenters. The van der Waals surface area contributed by atoms with Crippen LogP contribution in [0.1, 0.15) is 29.8 Å². The van der Waals surface area contributed by atoms with Gasteiger partial charge >= 0.3 is 0 Å². The topological polar surface area (TPSA) is 72.6 Å². The maximum atomic E-state index is 12.4. The van der Waals surface area contributed by atoms with E-state index in [-0.39, 0.29) is 24.9 Å². The number of hydrogen-bond acceptors (Lipinski definition) is 4. The van der Waals surface area contributed by atoms with Crippen molar-refractivity contribution in [2.24, 2.45) is 5.73 Å². The normalized spacial score (nSPS) is 10.9. The molecule has 1 aromatic rings. The Morgan fingerprint density at radius 3 is 2.45 bits per heavy atom. The van der Waals surface area contributed by atoms with Gasteiger partial charge < -0.3 is 10.5 Å². The van der Waals surface area contributed by atoms with Crippen molar-refractivity contribution in [3.63, 3.8) is 0 Å². The second kappa shape index (κ2) is 7.05. The van der Waals surface area contributed by atoms with Crippen molar-refractivity contribution in [1.29, 1.82) is 0 Å². The Kier molecular flexibility index (Phi) is 5.70. The van der Waals surface area contributed by atoms with Gasteiger partial charge in [-0.25, -0.2) is 0 Å². The fraction of sp³-hybridized carbons (Fsp3) is 0.467. The van der Waals surface area contributed by atoms with Gasteiger partial charge in [0.25, 0.3) is 0 Å². The summed E-state index contributed by atoms with van der Waals surface area (Å²) in [4.78, 5) is 25.1. The highest BCUT2D eigenvalue weighted by Crippen LogP contribution is 2.21. The Morgan fingerprint density at radius 1 is 1.30 bits per heavy atom. The van der Waals surface area contributed by atoms with E-state index in [0.29, 0.717) is 11.3 Å². The lowest BCUT2D eigenvalue weighted by Crippen LogP contribution is -2.41. The van der Waals surface area contributed by atoms with Gasteiger partial charge in [-0.15, -0.1) is 0 Å². The summed E-state index contributed by atoms with van der Waals surface area (Å²) in [6.07, 6.45) is 0. The molecule has 0 aromatic heterocycles. The quantitative estimate of drug-likeness (QED) is 0.765. The number of amides is 1. The summed E-state index contributed by atoms with van der Waals surface area (Å²) in [5, 5.41) is 0. The highest BCUT2D eigenvalue weighted by atomic mass is 16.5. The molecule has 0 heterocycles. The summed E-state index contributed by atoms with van der Waals surface area (Å²) < 4.78 is 5.24. The molecule has 0 aliphatic rings. The number of ether oxygens (including phenoxy) is 1. The lowest BCUT2D eigenvalue weighted by atomic mass is 10.1. The highest BCUT2D eigenvalue weighted by molar-refractivity contribution is 6.00. The van der Waals surface area contributed by atoms with Crippen molar-refractivity contribution >= 4 is 11.7 Å². The van der Waals surface area contributed by atoms with Crippen LogP contribution in [0.5, 0.6) is 5.75 Å². The summed E-state index contributed by atoms with van der Waals surface area (Å²) in [6, 6.07) is 5.49. The minimum atomic E-state index is -0.442. The second-order valence-corrected chi connectivity index (χ2v) is 5.09. The number of methoxy groups -OCH3 is 1. The maximum absolute atomic E-state index is 12.4. The summed E-state index contributed by atoms with van der Waals surface area (Å²) in [5.74, 6) is 0.0250. The van der Waals surface area contributed by atoms with E-state index in [1.54, 1.807) is 11.0 Å². The van der Waals surface area contributed by atoms with Crippen LogP contribution in [0.15, 0.2) is 18.2 Å². The predicted octanol–water partition coefficient (Wildman–Crippen LogP) is 1.38. The van der Waals surface area contributed by atoms with Gasteiger partial charge in [0.1, 0.15) is 5.75 Å². The van der Waals surface area contributed by atoms with Crippen LogP contribution < -0.4 is 10.5 Å². The number of benzene rings is 1. The van der Waals surface area contributed by atoms with Crippen molar-refractivity contribution in [3.8, 4) is 5.75 Å². The van der Waals surface area contributed by atoms with Crippen molar-refractivity contribution in [2.75, 3.05) is 20.2 Å². The number of carbonyl (C=O) groups excluding carboxylic acids is 2. The Balaban J connectivity index is 2.91. The minimum absolute atomic E-state index is 0.0582. The van der Waals surface area contributed by atoms with Crippen LogP contribution in [-0.4, -0.2) is 42.8 Å². The predicted molar refractivity (Wildman–Crippen MR) is 78.0 cm³/mol. The number of primary amides is 1. The average molecular weight is 278 g/mol. The van der Waals surface area contributed by atoms with Crippen LogP contribution in [-0.2, 0) is 4.79 Å². The minimum Gasteiger partial charge on any atom is -0.496 e. The third kappa shape index (κ3) is 4.35. The van der Waals surface area contributed by atoms with E-state index >= 15 is 0 Å². The van der Waals surface area contributed by atoms with Gasteiger partial charge in [-0.05, 0) is 38.5 Å². The number of aryl methyl sites for hydroxylation is 1. The fourth-order valence-corrected chi connectivity index (χ4v) is 1.92. The van der Waals surface area contributed by atoms with Gasteiger partial charge in [0.15, 0.2) is 5.78 Å². The van der Waals surface area contributed by atoms with Crippen LogP contribution in [0.4, 0.5) is 0 Å². The molecular weight excluding hydrogens is 256 g/mol. The zero-order valence-corrected chi connectivity index (χ0v) is 12.5. The molecule has 0 spiro atoms. The number of nitrogens with zero attached hydrogens (tertiary/aromatic N) is 1. The Labute approximate surface area is 119 Å². The highest BCUT2D eigenvalue weighted by Gasteiger charge is 2.19. The molecule has 1 rings (SSSR count). The molecule has 0 fully saturated rings. The van der Waals surface area contributed by atoms with Crippen molar-refractivity contribution in [1.82, 2.24) is 4.90 Å². The second-order valence-electron chi connectivity index (χ2n) is 5.09. The van der Waals surface area contributed by atoms with Gasteiger partial charge in [-0.3, -0.25) is 14.5 Å². The van der Waals surface area contributed by atoms with Crippen LogP contribution in [0.25, 0.3) is 0 Å². The summed E-state index contributed by atoms with van der Waals surface area (Å²) >= 11 is 0. The zero-order chi connectivity index (χ0) is 15.3. The molecule has 2 N–H and O–H groups in total. The third-order valence-corrected chi connectivity index (χ3v) is 3.09. The molecule has 5 heteroatoms. The van der Waals surface area contributed by atoms with Crippen molar-refractivity contribution in [3.05, 3.63) is 29.3 Å². The molecule has 0 radical (unpaired) electrons. The maximum Gasteiger partial charge on any atom is 0.231 e. The molecule has 0 bridgehead atoms. The summed E-state index contributed by atoms with van der Waals surface area (Å²) in [5.41, 5.74) is 6.75. The molecule has 0 aliphatic heterocycles. The smallest absolute Gasteiger partial charge is 0.231 e. The average Bonchev–Trinajstić information content (AvgIpc) is 2.36. The first-order chi connectivity index (χ1) is 9.35. The van der Waals surface area contributed by atoms with Gasteiger partial charge in [0.2, 0.25) is 5.91 Å². The van der Waals surface area contributed by atoms with Gasteiger partial charge in [0, 0.05) is 6.04 Å².